The third kappa shape index (κ3) is 8.31. The average molecular weight is 616 g/mol. The molecule has 0 aromatic heterocycles. The Balaban J connectivity index is 2.14. The van der Waals surface area contributed by atoms with Crippen LogP contribution in [0.25, 0.3) is 6.08 Å². The number of allylic oxidation sites excluding steroid dienone is 1. The molecule has 12 heteroatoms. The first-order chi connectivity index (χ1) is 16.3. The lowest BCUT2D eigenvalue weighted by Gasteiger charge is -2.18. The second-order valence-electron chi connectivity index (χ2n) is 7.43. The highest BCUT2D eigenvalue weighted by Crippen LogP contribution is 2.41. The van der Waals surface area contributed by atoms with Crippen LogP contribution in [0.3, 0.4) is 0 Å². The number of rotatable bonds is 8. The van der Waals surface area contributed by atoms with Crippen LogP contribution < -0.4 is 10.6 Å². The van der Waals surface area contributed by atoms with E-state index in [-0.39, 0.29) is 33.2 Å². The van der Waals surface area contributed by atoms with Crippen LogP contribution in [0.4, 0.5) is 18.0 Å². The Kier molecular flexibility index (Phi) is 10.8. The fourth-order valence-electron chi connectivity index (χ4n) is 3.01. The first-order valence-corrected chi connectivity index (χ1v) is 12.2. The minimum Gasteiger partial charge on any atom is -0.350 e. The second-order valence-corrected chi connectivity index (χ2v) is 9.48. The van der Waals surface area contributed by atoms with E-state index in [9.17, 15) is 22.8 Å². The van der Waals surface area contributed by atoms with Crippen molar-refractivity contribution in [3.05, 3.63) is 72.6 Å². The molecule has 2 aromatic carbocycles. The monoisotopic (exact) mass is 613 g/mol. The quantitative estimate of drug-likeness (QED) is 0.310. The lowest BCUT2D eigenvalue weighted by atomic mass is 9.97. The number of hydrogen-bond acceptors (Lipinski definition) is 2. The van der Waals surface area contributed by atoms with Gasteiger partial charge in [0.25, 0.3) is 5.91 Å². The smallest absolute Gasteiger partial charge is 0.350 e. The zero-order valence-corrected chi connectivity index (χ0v) is 22.5. The third-order valence-electron chi connectivity index (χ3n) is 4.84. The Bertz CT molecular complexity index is 1090. The summed E-state index contributed by atoms with van der Waals surface area (Å²) in [7, 11) is 1.61. The third-order valence-corrected chi connectivity index (χ3v) is 6.70. The van der Waals surface area contributed by atoms with Crippen molar-refractivity contribution in [1.29, 1.82) is 0 Å². The SMILES string of the molecule is CCNC(=O)N(C)CCNC(=O)c1ccc(C=CC(c2cc(Cl)c(Cl)c(Cl)c2)C(F)(F)F)cc1Br. The summed E-state index contributed by atoms with van der Waals surface area (Å²) >= 11 is 21.0. The molecule has 0 aliphatic rings. The largest absolute Gasteiger partial charge is 0.399 e. The summed E-state index contributed by atoms with van der Waals surface area (Å²) in [4.78, 5) is 25.6. The maximum atomic E-state index is 13.7. The predicted octanol–water partition coefficient (Wildman–Crippen LogP) is 7.16. The van der Waals surface area contributed by atoms with Crippen molar-refractivity contribution in [2.24, 2.45) is 0 Å². The van der Waals surface area contributed by atoms with Gasteiger partial charge in [-0.2, -0.15) is 13.2 Å². The van der Waals surface area contributed by atoms with Crippen LogP contribution in [0.2, 0.25) is 15.1 Å². The van der Waals surface area contributed by atoms with E-state index in [0.29, 0.717) is 28.7 Å². The molecule has 0 aliphatic carbocycles. The van der Waals surface area contributed by atoms with Gasteiger partial charge in [0.1, 0.15) is 0 Å². The highest BCUT2D eigenvalue weighted by molar-refractivity contribution is 9.10. The van der Waals surface area contributed by atoms with Crippen LogP contribution in [0, 0.1) is 0 Å². The van der Waals surface area contributed by atoms with Crippen LogP contribution in [0.5, 0.6) is 0 Å². The number of urea groups is 1. The molecule has 2 rings (SSSR count). The van der Waals surface area contributed by atoms with E-state index in [2.05, 4.69) is 26.6 Å². The minimum atomic E-state index is -4.60. The molecule has 0 fully saturated rings. The standard InChI is InChI=1S/C23H22BrCl3F3N3O2/c1-3-31-22(35)33(2)9-8-32-21(34)15-6-4-13(10-17(15)24)5-7-16(23(28,29)30)14-11-18(25)20(27)19(26)12-14/h4-7,10-12,16H,3,8-9H2,1-2H3,(H,31,35)(H,32,34). The molecule has 1 unspecified atom stereocenters. The Morgan fingerprint density at radius 2 is 1.74 bits per heavy atom. The number of likely N-dealkylation sites (N-methyl/N-ethyl adjacent to an activating group) is 1. The molecule has 35 heavy (non-hydrogen) atoms. The van der Waals surface area contributed by atoms with Crippen LogP contribution in [0.1, 0.15) is 34.3 Å². The maximum absolute atomic E-state index is 13.7. The highest BCUT2D eigenvalue weighted by atomic mass is 79.9. The topological polar surface area (TPSA) is 61.4 Å². The minimum absolute atomic E-state index is 0.0179. The normalized spacial score (nSPS) is 12.5. The molecular formula is C23H22BrCl3F3N3O2. The van der Waals surface area contributed by atoms with Crippen molar-refractivity contribution >= 4 is 68.7 Å². The molecule has 0 heterocycles. The molecule has 190 valence electrons. The summed E-state index contributed by atoms with van der Waals surface area (Å²) in [6, 6.07) is 6.55. The van der Waals surface area contributed by atoms with E-state index in [0.717, 1.165) is 18.2 Å². The van der Waals surface area contributed by atoms with E-state index >= 15 is 0 Å². The zero-order chi connectivity index (χ0) is 26.3. The Morgan fingerprint density at radius 1 is 1.11 bits per heavy atom. The summed E-state index contributed by atoms with van der Waals surface area (Å²) in [6.45, 7) is 2.82. The maximum Gasteiger partial charge on any atom is 0.399 e. The van der Waals surface area contributed by atoms with E-state index in [4.69, 9.17) is 34.8 Å². The number of hydrogen-bond donors (Lipinski definition) is 2. The predicted molar refractivity (Wildman–Crippen MR) is 137 cm³/mol. The molecule has 1 atom stereocenters. The van der Waals surface area contributed by atoms with E-state index < -0.39 is 18.0 Å². The van der Waals surface area contributed by atoms with Crippen molar-refractivity contribution in [1.82, 2.24) is 15.5 Å². The van der Waals surface area contributed by atoms with E-state index in [1.54, 1.807) is 14.0 Å². The fraction of sp³-hybridized carbons (Fsp3) is 0.304. The van der Waals surface area contributed by atoms with Crippen molar-refractivity contribution in [3.8, 4) is 0 Å². The number of carbonyl (C=O) groups is 2. The number of halogens is 7. The molecule has 2 N–H and O–H groups in total. The first kappa shape index (κ1) is 29.3. The molecule has 0 aliphatic heterocycles. The molecule has 0 saturated carbocycles. The molecule has 0 bridgehead atoms. The van der Waals surface area contributed by atoms with Gasteiger partial charge in [-0.15, -0.1) is 0 Å². The Hall–Kier alpha value is -1.94. The molecule has 0 spiro atoms. The van der Waals surface area contributed by atoms with Crippen molar-refractivity contribution in [3.63, 3.8) is 0 Å². The van der Waals surface area contributed by atoms with Crippen molar-refractivity contribution in [2.75, 3.05) is 26.7 Å². The molecule has 3 amide bonds. The Morgan fingerprint density at radius 3 is 2.29 bits per heavy atom. The van der Waals surface area contributed by atoms with Gasteiger partial charge in [0.15, 0.2) is 0 Å². The lowest BCUT2D eigenvalue weighted by Crippen LogP contribution is -2.41. The number of nitrogens with one attached hydrogen (secondary N) is 2. The Labute approximate surface area is 224 Å². The van der Waals surface area contributed by atoms with Crippen molar-refractivity contribution in [2.45, 2.75) is 19.0 Å². The fourth-order valence-corrected chi connectivity index (χ4v) is 4.20. The average Bonchev–Trinajstić information content (AvgIpc) is 2.76. The van der Waals surface area contributed by atoms with Crippen LogP contribution in [-0.4, -0.2) is 49.7 Å². The van der Waals surface area contributed by atoms with Gasteiger partial charge in [-0.05, 0) is 58.2 Å². The molecule has 2 aromatic rings. The summed E-state index contributed by atoms with van der Waals surface area (Å²) in [6.07, 6.45) is -2.33. The summed E-state index contributed by atoms with van der Waals surface area (Å²) in [5.41, 5.74) is 0.581. The summed E-state index contributed by atoms with van der Waals surface area (Å²) in [5.74, 6) is -2.37. The molecule has 0 saturated heterocycles. The second kappa shape index (κ2) is 12.9. The van der Waals surface area contributed by atoms with Crippen LogP contribution in [-0.2, 0) is 0 Å². The summed E-state index contributed by atoms with van der Waals surface area (Å²) < 4.78 is 41.6. The molecule has 5 nitrogen and oxygen atoms in total. The van der Waals surface area contributed by atoms with Gasteiger partial charge in [0.2, 0.25) is 0 Å². The van der Waals surface area contributed by atoms with E-state index in [1.807, 2.05) is 0 Å². The van der Waals surface area contributed by atoms with Gasteiger partial charge in [-0.1, -0.05) is 53.0 Å². The number of carbonyl (C=O) groups excluding carboxylic acids is 2. The van der Waals surface area contributed by atoms with E-state index in [1.165, 1.54) is 29.2 Å². The number of nitrogens with zero attached hydrogens (tertiary/aromatic N) is 1. The van der Waals surface area contributed by atoms with Gasteiger partial charge < -0.3 is 15.5 Å². The molecule has 0 radical (unpaired) electrons. The number of benzene rings is 2. The van der Waals surface area contributed by atoms with Crippen molar-refractivity contribution < 1.29 is 22.8 Å². The lowest BCUT2D eigenvalue weighted by molar-refractivity contribution is -0.139. The zero-order valence-electron chi connectivity index (χ0n) is 18.6. The number of amides is 3. The van der Waals surface area contributed by atoms with Gasteiger partial charge in [0, 0.05) is 31.2 Å². The summed E-state index contributed by atoms with van der Waals surface area (Å²) in [5, 5.41) is 5.18. The van der Waals surface area contributed by atoms with Gasteiger partial charge >= 0.3 is 12.2 Å². The van der Waals surface area contributed by atoms with Gasteiger partial charge in [-0.3, -0.25) is 4.79 Å². The first-order valence-electron chi connectivity index (χ1n) is 10.3. The van der Waals surface area contributed by atoms with Crippen LogP contribution >= 0.6 is 50.7 Å². The van der Waals surface area contributed by atoms with Gasteiger partial charge in [0.05, 0.1) is 26.5 Å². The number of alkyl halides is 3. The highest BCUT2D eigenvalue weighted by Gasteiger charge is 2.39. The molecular weight excluding hydrogens is 594 g/mol. The van der Waals surface area contributed by atoms with Crippen LogP contribution in [0.15, 0.2) is 40.9 Å². The van der Waals surface area contributed by atoms with Gasteiger partial charge in [-0.25, -0.2) is 4.79 Å².